The highest BCUT2D eigenvalue weighted by molar-refractivity contribution is 7.91. The number of benzene rings is 2. The molecule has 0 amide bonds. The average molecular weight is 822 g/mol. The first kappa shape index (κ1) is 39.2. The molecule has 8 atom stereocenters. The largest absolute Gasteiger partial charge is 0.461 e. The maximum Gasteiger partial charge on any atom is 0.404 e. The van der Waals surface area contributed by atoms with Crippen molar-refractivity contribution in [2.45, 2.75) is 74.9 Å². The number of rotatable bonds is 10. The smallest absolute Gasteiger partial charge is 0.404 e. The van der Waals surface area contributed by atoms with Gasteiger partial charge < -0.3 is 28.4 Å². The standard InChI is InChI=1S/C40H41N2O15S/c1-21-26-14-15-27-39-20-53-36(54-22(2)43)29(39)38(3,4)17-16-28(39)55-37(47)40(27,30(21)44)31(26)56-35(46)24-12-10-23(11-13-24)34(45)52-19-18-51-32-33(42(48)57-41-32)58(49,50)25-8-6-5-7-9-25/h5-13,26-29,31,36,41H,1,14-20H2,2-4H3/q+1/t26-,27-,28-,29+,31+,36-,39+,40-/m0/s1. The summed E-state index contributed by atoms with van der Waals surface area (Å²) in [4.78, 5) is 79.5. The fourth-order valence-corrected chi connectivity index (χ4v) is 11.6. The Balaban J connectivity index is 0.964. The minimum atomic E-state index is -4.32. The van der Waals surface area contributed by atoms with Crippen LogP contribution in [0.1, 0.15) is 67.2 Å². The van der Waals surface area contributed by atoms with Gasteiger partial charge in [-0.15, -0.1) is 0 Å². The van der Waals surface area contributed by atoms with Crippen molar-refractivity contribution in [3.8, 4) is 5.88 Å². The zero-order valence-corrected chi connectivity index (χ0v) is 32.6. The van der Waals surface area contributed by atoms with E-state index in [0.29, 0.717) is 25.7 Å². The minimum absolute atomic E-state index is 0.0282. The number of carbonyl (C=O) groups excluding carboxylic acids is 5. The third-order valence-electron chi connectivity index (χ3n) is 12.6. The topological polar surface area (TPSA) is 227 Å². The van der Waals surface area contributed by atoms with Gasteiger partial charge in [0.15, 0.2) is 11.2 Å². The Morgan fingerprint density at radius 1 is 0.948 bits per heavy atom. The number of Topliss-reactive ketones (excluding diaryl/α,β-unsaturated/α-hetero) is 1. The van der Waals surface area contributed by atoms with Gasteiger partial charge >= 0.3 is 34.8 Å². The molecule has 18 heteroatoms. The number of ketones is 1. The fraction of sp³-hybridized carbons (Fsp3) is 0.475. The van der Waals surface area contributed by atoms with Crippen LogP contribution in [0.25, 0.3) is 0 Å². The SMILES string of the molecule is C=C1C(=O)[C@@]23C(=O)O[C@H]4CCC(C)(C)[C@H]5[C@H](OC(C)=O)OC[C@@]45[C@@H]2CC[C@@H]1[C@H]3OC(=O)c1ccc(C(=O)OCCOc2[nH]o[n+](=O)c2S(=O)(=O)c2ccccc2)cc1. The monoisotopic (exact) mass is 821 g/mol. The number of carbonyl (C=O) groups is 5. The number of nitrogens with zero attached hydrogens (tertiary/aromatic N) is 1. The molecule has 58 heavy (non-hydrogen) atoms. The molecule has 2 spiro atoms. The summed E-state index contributed by atoms with van der Waals surface area (Å²) < 4.78 is 65.1. The van der Waals surface area contributed by atoms with Gasteiger partial charge in [-0.05, 0) is 89.1 Å². The zero-order chi connectivity index (χ0) is 41.4. The second-order valence-electron chi connectivity index (χ2n) is 16.0. The van der Waals surface area contributed by atoms with Crippen LogP contribution < -0.4 is 9.34 Å². The van der Waals surface area contributed by atoms with Crippen molar-refractivity contribution in [1.82, 2.24) is 5.16 Å². The van der Waals surface area contributed by atoms with Crippen molar-refractivity contribution >= 4 is 39.5 Å². The van der Waals surface area contributed by atoms with Crippen molar-refractivity contribution < 1.29 is 70.0 Å². The van der Waals surface area contributed by atoms with Gasteiger partial charge in [-0.3, -0.25) is 14.4 Å². The molecule has 3 aromatic rings. The van der Waals surface area contributed by atoms with Crippen LogP contribution in [0.2, 0.25) is 0 Å². The predicted octanol–water partition coefficient (Wildman–Crippen LogP) is 3.54. The lowest BCUT2D eigenvalue weighted by molar-refractivity contribution is -0.744. The summed E-state index contributed by atoms with van der Waals surface area (Å²) in [6.45, 7) is 8.81. The van der Waals surface area contributed by atoms with Crippen LogP contribution in [0, 0.1) is 38.9 Å². The molecule has 1 N–H and O–H groups in total. The summed E-state index contributed by atoms with van der Waals surface area (Å²) in [6.07, 6.45) is -0.721. The highest BCUT2D eigenvalue weighted by Gasteiger charge is 2.81. The van der Waals surface area contributed by atoms with E-state index in [1.807, 2.05) is 0 Å². The maximum absolute atomic E-state index is 14.4. The third kappa shape index (κ3) is 5.81. The summed E-state index contributed by atoms with van der Waals surface area (Å²) in [5.74, 6) is -5.67. The lowest BCUT2D eigenvalue weighted by Gasteiger charge is -2.62. The van der Waals surface area contributed by atoms with E-state index < -0.39 is 103 Å². The van der Waals surface area contributed by atoms with Gasteiger partial charge in [0.05, 0.1) is 22.6 Å². The van der Waals surface area contributed by atoms with E-state index in [0.717, 1.165) is 0 Å². The molecule has 0 unspecified atom stereocenters. The van der Waals surface area contributed by atoms with Crippen LogP contribution >= 0.6 is 0 Å². The molecule has 5 aliphatic rings. The quantitative estimate of drug-likeness (QED) is 0.101. The summed E-state index contributed by atoms with van der Waals surface area (Å²) >= 11 is 0. The lowest BCUT2D eigenvalue weighted by atomic mass is 9.43. The van der Waals surface area contributed by atoms with Crippen molar-refractivity contribution in [3.63, 3.8) is 0 Å². The van der Waals surface area contributed by atoms with Gasteiger partial charge in [0.2, 0.25) is 10.9 Å². The molecule has 2 aromatic carbocycles. The Hall–Kier alpha value is -5.62. The Bertz CT molecular complexity index is 2390. The summed E-state index contributed by atoms with van der Waals surface area (Å²) in [7, 11) is -4.32. The van der Waals surface area contributed by atoms with E-state index in [4.69, 9.17) is 28.4 Å². The van der Waals surface area contributed by atoms with E-state index >= 15 is 0 Å². The van der Waals surface area contributed by atoms with Crippen LogP contribution in [-0.4, -0.2) is 81.6 Å². The van der Waals surface area contributed by atoms with Gasteiger partial charge in [0, 0.05) is 24.2 Å². The van der Waals surface area contributed by atoms with E-state index in [-0.39, 0.29) is 46.0 Å². The first-order valence-corrected chi connectivity index (χ1v) is 20.3. The number of nitrogens with one attached hydrogen (secondary N) is 1. The highest BCUT2D eigenvalue weighted by Crippen LogP contribution is 2.71. The molecule has 3 aliphatic carbocycles. The van der Waals surface area contributed by atoms with Crippen molar-refractivity contribution in [2.75, 3.05) is 19.8 Å². The number of aromatic amines is 1. The normalized spacial score (nSPS) is 30.6. The van der Waals surface area contributed by atoms with Crippen molar-refractivity contribution in [3.05, 3.63) is 82.8 Å². The molecule has 2 bridgehead atoms. The van der Waals surface area contributed by atoms with E-state index in [2.05, 4.69) is 30.2 Å². The number of fused-ring (bicyclic) bond motifs is 1. The van der Waals surface area contributed by atoms with Crippen LogP contribution in [-0.2, 0) is 47.9 Å². The maximum atomic E-state index is 14.4. The van der Waals surface area contributed by atoms with Gasteiger partial charge in [0.25, 0.3) is 9.84 Å². The Morgan fingerprint density at radius 3 is 2.33 bits per heavy atom. The van der Waals surface area contributed by atoms with Crippen LogP contribution in [0.4, 0.5) is 0 Å². The zero-order valence-electron chi connectivity index (χ0n) is 31.8. The minimum Gasteiger partial charge on any atom is -0.461 e. The Labute approximate surface area is 331 Å². The van der Waals surface area contributed by atoms with Crippen molar-refractivity contribution in [1.29, 1.82) is 0 Å². The number of hydrogen-bond acceptors (Lipinski definition) is 15. The molecule has 306 valence electrons. The summed E-state index contributed by atoms with van der Waals surface area (Å²) in [6, 6.07) is 12.5. The number of esters is 4. The second kappa shape index (κ2) is 14.0. The van der Waals surface area contributed by atoms with E-state index in [1.165, 1.54) is 55.5 Å². The number of hydrogen-bond donors (Lipinski definition) is 1. The molecule has 2 saturated heterocycles. The van der Waals surface area contributed by atoms with Gasteiger partial charge in [-0.1, -0.05) is 43.3 Å². The van der Waals surface area contributed by atoms with Gasteiger partial charge in [0.1, 0.15) is 25.4 Å². The first-order valence-electron chi connectivity index (χ1n) is 18.8. The van der Waals surface area contributed by atoms with Crippen LogP contribution in [0.5, 0.6) is 5.88 Å². The molecule has 3 saturated carbocycles. The summed E-state index contributed by atoms with van der Waals surface area (Å²) in [5, 5.41) is 1.28. The molecular weight excluding hydrogens is 781 g/mol. The molecule has 8 rings (SSSR count). The Kier molecular flexibility index (Phi) is 9.49. The van der Waals surface area contributed by atoms with E-state index in [9.17, 15) is 37.3 Å². The number of ether oxygens (including phenoxy) is 6. The lowest BCUT2D eigenvalue weighted by Crippen LogP contribution is -2.71. The highest BCUT2D eigenvalue weighted by atomic mass is 32.2. The van der Waals surface area contributed by atoms with Gasteiger partial charge in [-0.25, -0.2) is 18.0 Å². The fourth-order valence-electron chi connectivity index (χ4n) is 10.3. The first-order chi connectivity index (χ1) is 27.5. The molecular formula is C40H41N2O15S+. The molecule has 2 aliphatic heterocycles. The molecule has 3 heterocycles. The number of sulfone groups is 1. The number of aromatic nitrogens is 2. The average Bonchev–Trinajstić information content (AvgIpc) is 3.80. The molecule has 17 nitrogen and oxygen atoms in total. The summed E-state index contributed by atoms with van der Waals surface area (Å²) in [5.41, 5.74) is -2.96. The van der Waals surface area contributed by atoms with Gasteiger partial charge in [-0.2, -0.15) is 0 Å². The van der Waals surface area contributed by atoms with Crippen LogP contribution in [0.3, 0.4) is 0 Å². The predicted molar refractivity (Wildman–Crippen MR) is 193 cm³/mol. The third-order valence-corrected chi connectivity index (χ3v) is 14.4. The Morgan fingerprint density at radius 2 is 1.64 bits per heavy atom. The van der Waals surface area contributed by atoms with E-state index in [1.54, 1.807) is 6.07 Å². The van der Waals surface area contributed by atoms with Crippen LogP contribution in [0.15, 0.2) is 81.3 Å². The molecule has 1 aromatic heterocycles. The molecule has 0 radical (unpaired) electrons. The number of H-pyrrole nitrogens is 1. The second-order valence-corrected chi connectivity index (χ2v) is 17.9. The molecule has 5 fully saturated rings. The van der Waals surface area contributed by atoms with Crippen molar-refractivity contribution in [2.24, 2.45) is 34.0 Å².